The lowest BCUT2D eigenvalue weighted by molar-refractivity contribution is -0.116. The summed E-state index contributed by atoms with van der Waals surface area (Å²) in [5.41, 5.74) is 6.19. The third-order valence-electron chi connectivity index (χ3n) is 5.82. The second-order valence-corrected chi connectivity index (χ2v) is 8.42. The third kappa shape index (κ3) is 5.09. The van der Waals surface area contributed by atoms with Crippen molar-refractivity contribution in [2.75, 3.05) is 18.9 Å². The van der Waals surface area contributed by atoms with Gasteiger partial charge in [-0.1, -0.05) is 18.2 Å². The van der Waals surface area contributed by atoms with Crippen LogP contribution in [0.15, 0.2) is 67.0 Å². The van der Waals surface area contributed by atoms with E-state index in [1.165, 1.54) is 4.90 Å². The van der Waals surface area contributed by atoms with Crippen LogP contribution >= 0.6 is 0 Å². The fourth-order valence-electron chi connectivity index (χ4n) is 3.71. The number of aryl methyl sites for hydroxylation is 2. The summed E-state index contributed by atoms with van der Waals surface area (Å²) >= 11 is 0. The Hall–Kier alpha value is -4.13. The van der Waals surface area contributed by atoms with Crippen molar-refractivity contribution in [1.82, 2.24) is 14.3 Å². The van der Waals surface area contributed by atoms with Crippen molar-refractivity contribution in [3.05, 3.63) is 94.9 Å². The van der Waals surface area contributed by atoms with E-state index in [-0.39, 0.29) is 18.4 Å². The van der Waals surface area contributed by atoms with Gasteiger partial charge in [-0.25, -0.2) is 4.98 Å². The maximum absolute atomic E-state index is 12.8. The van der Waals surface area contributed by atoms with E-state index in [0.29, 0.717) is 17.9 Å². The molecular formula is C27H28N4O3. The Bertz CT molecular complexity index is 1340. The van der Waals surface area contributed by atoms with Gasteiger partial charge < -0.3 is 19.4 Å². The Morgan fingerprint density at radius 1 is 1.00 bits per heavy atom. The summed E-state index contributed by atoms with van der Waals surface area (Å²) in [6, 6.07) is 16.6. The van der Waals surface area contributed by atoms with E-state index < -0.39 is 0 Å². The predicted molar refractivity (Wildman–Crippen MR) is 132 cm³/mol. The molecule has 0 unspecified atom stereocenters. The van der Waals surface area contributed by atoms with Crippen molar-refractivity contribution < 1.29 is 14.3 Å². The summed E-state index contributed by atoms with van der Waals surface area (Å²) in [7, 11) is 1.61. The molecule has 2 aromatic heterocycles. The van der Waals surface area contributed by atoms with Crippen molar-refractivity contribution in [3.8, 4) is 5.75 Å². The van der Waals surface area contributed by atoms with Gasteiger partial charge in [0, 0.05) is 30.7 Å². The van der Waals surface area contributed by atoms with E-state index in [1.807, 2.05) is 67.9 Å². The van der Waals surface area contributed by atoms with Gasteiger partial charge in [0.05, 0.1) is 12.2 Å². The molecule has 0 saturated heterocycles. The number of hydrogen-bond donors (Lipinski definition) is 1. The molecule has 0 bridgehead atoms. The summed E-state index contributed by atoms with van der Waals surface area (Å²) < 4.78 is 7.82. The van der Waals surface area contributed by atoms with Crippen LogP contribution in [0, 0.1) is 20.8 Å². The number of benzene rings is 2. The minimum Gasteiger partial charge on any atom is -0.487 e. The topological polar surface area (TPSA) is 75.9 Å². The Labute approximate surface area is 199 Å². The fraction of sp³-hybridized carbons (Fsp3) is 0.222. The molecule has 0 saturated carbocycles. The summed E-state index contributed by atoms with van der Waals surface area (Å²) in [4.78, 5) is 31.2. The number of likely N-dealkylation sites (N-methyl/N-ethyl adjacent to an activating group) is 1. The lowest BCUT2D eigenvalue weighted by Crippen LogP contribution is -2.35. The number of anilines is 1. The van der Waals surface area contributed by atoms with Crippen LogP contribution in [0.25, 0.3) is 5.65 Å². The summed E-state index contributed by atoms with van der Waals surface area (Å²) in [5.74, 6) is 0.159. The van der Waals surface area contributed by atoms with Crippen LogP contribution in [0.1, 0.15) is 32.7 Å². The van der Waals surface area contributed by atoms with Gasteiger partial charge in [-0.15, -0.1) is 0 Å². The van der Waals surface area contributed by atoms with Crippen LogP contribution in [-0.2, 0) is 11.4 Å². The molecule has 7 heteroatoms. The van der Waals surface area contributed by atoms with E-state index in [0.717, 1.165) is 33.7 Å². The number of rotatable bonds is 7. The molecule has 0 fully saturated rings. The van der Waals surface area contributed by atoms with Crippen LogP contribution < -0.4 is 10.1 Å². The highest BCUT2D eigenvalue weighted by atomic mass is 16.5. The van der Waals surface area contributed by atoms with Gasteiger partial charge >= 0.3 is 0 Å². The molecule has 0 aliphatic rings. The predicted octanol–water partition coefficient (Wildman–Crippen LogP) is 4.55. The first kappa shape index (κ1) is 23.0. The number of fused-ring (bicyclic) bond motifs is 1. The van der Waals surface area contributed by atoms with E-state index in [1.54, 1.807) is 31.3 Å². The third-order valence-corrected chi connectivity index (χ3v) is 5.82. The van der Waals surface area contributed by atoms with Gasteiger partial charge in [-0.3, -0.25) is 9.59 Å². The van der Waals surface area contributed by atoms with E-state index in [2.05, 4.69) is 10.3 Å². The quantitative estimate of drug-likeness (QED) is 0.443. The standard InChI is InChI=1S/C27H28N4O3/c1-18-7-5-9-24(20(18)3)29-25(32)16-30(4)27(33)21-10-12-23(13-11-21)34-17-22-15-31-14-6-8-19(2)26(31)28-22/h5-15H,16-17H2,1-4H3,(H,29,32). The first-order valence-electron chi connectivity index (χ1n) is 11.1. The number of amides is 2. The molecule has 34 heavy (non-hydrogen) atoms. The summed E-state index contributed by atoms with van der Waals surface area (Å²) in [6.07, 6.45) is 3.90. The second kappa shape index (κ2) is 9.79. The maximum Gasteiger partial charge on any atom is 0.254 e. The van der Waals surface area contributed by atoms with Gasteiger partial charge in [0.25, 0.3) is 5.91 Å². The molecule has 2 amide bonds. The van der Waals surface area contributed by atoms with Gasteiger partial charge in [0.15, 0.2) is 0 Å². The number of nitrogens with one attached hydrogen (secondary N) is 1. The second-order valence-electron chi connectivity index (χ2n) is 8.42. The minimum absolute atomic E-state index is 0.0439. The molecule has 1 N–H and O–H groups in total. The monoisotopic (exact) mass is 456 g/mol. The van der Waals surface area contributed by atoms with Crippen LogP contribution in [0.2, 0.25) is 0 Å². The van der Waals surface area contributed by atoms with Crippen LogP contribution in [0.4, 0.5) is 5.69 Å². The molecule has 2 aromatic carbocycles. The maximum atomic E-state index is 12.8. The molecule has 0 aliphatic heterocycles. The lowest BCUT2D eigenvalue weighted by Gasteiger charge is -2.18. The van der Waals surface area contributed by atoms with Gasteiger partial charge in [0.2, 0.25) is 5.91 Å². The van der Waals surface area contributed by atoms with E-state index in [9.17, 15) is 9.59 Å². The number of hydrogen-bond acceptors (Lipinski definition) is 4. The number of carbonyl (C=O) groups is 2. The van der Waals surface area contributed by atoms with Crippen molar-refractivity contribution in [2.45, 2.75) is 27.4 Å². The number of pyridine rings is 1. The molecule has 0 spiro atoms. The SMILES string of the molecule is Cc1cccc(NC(=O)CN(C)C(=O)c2ccc(OCc3cn4cccc(C)c4n3)cc2)c1C. The van der Waals surface area contributed by atoms with Gasteiger partial charge in [0.1, 0.15) is 18.0 Å². The number of imidazole rings is 1. The number of carbonyl (C=O) groups excluding carboxylic acids is 2. The number of ether oxygens (including phenoxy) is 1. The van der Waals surface area contributed by atoms with E-state index in [4.69, 9.17) is 4.74 Å². The van der Waals surface area contributed by atoms with Crippen molar-refractivity contribution >= 4 is 23.1 Å². The van der Waals surface area contributed by atoms with Gasteiger partial charge in [-0.05, 0) is 73.9 Å². The molecule has 0 radical (unpaired) electrons. The Balaban J connectivity index is 1.33. The smallest absolute Gasteiger partial charge is 0.254 e. The summed E-state index contributed by atoms with van der Waals surface area (Å²) in [5, 5.41) is 2.88. The Morgan fingerprint density at radius 3 is 2.47 bits per heavy atom. The van der Waals surface area contributed by atoms with Crippen molar-refractivity contribution in [3.63, 3.8) is 0 Å². The first-order chi connectivity index (χ1) is 16.3. The Morgan fingerprint density at radius 2 is 1.74 bits per heavy atom. The highest BCUT2D eigenvalue weighted by molar-refractivity contribution is 5.99. The van der Waals surface area contributed by atoms with Crippen molar-refractivity contribution in [2.24, 2.45) is 0 Å². The number of aromatic nitrogens is 2. The van der Waals surface area contributed by atoms with Gasteiger partial charge in [-0.2, -0.15) is 0 Å². The zero-order chi connectivity index (χ0) is 24.2. The average molecular weight is 457 g/mol. The average Bonchev–Trinajstić information content (AvgIpc) is 3.25. The molecule has 2 heterocycles. The van der Waals surface area contributed by atoms with Crippen LogP contribution in [0.5, 0.6) is 5.75 Å². The zero-order valence-electron chi connectivity index (χ0n) is 19.8. The van der Waals surface area contributed by atoms with Crippen LogP contribution in [-0.4, -0.2) is 39.7 Å². The number of nitrogens with zero attached hydrogens (tertiary/aromatic N) is 3. The molecule has 0 aliphatic carbocycles. The van der Waals surface area contributed by atoms with E-state index >= 15 is 0 Å². The minimum atomic E-state index is -0.243. The first-order valence-corrected chi connectivity index (χ1v) is 11.1. The highest BCUT2D eigenvalue weighted by Gasteiger charge is 2.16. The molecule has 0 atom stereocenters. The molecule has 4 rings (SSSR count). The summed E-state index contributed by atoms with van der Waals surface area (Å²) in [6.45, 7) is 6.25. The highest BCUT2D eigenvalue weighted by Crippen LogP contribution is 2.19. The Kier molecular flexibility index (Phi) is 6.63. The normalized spacial score (nSPS) is 10.8. The largest absolute Gasteiger partial charge is 0.487 e. The molecule has 7 nitrogen and oxygen atoms in total. The zero-order valence-corrected chi connectivity index (χ0v) is 19.8. The van der Waals surface area contributed by atoms with Crippen LogP contribution in [0.3, 0.4) is 0 Å². The fourth-order valence-corrected chi connectivity index (χ4v) is 3.71. The molecular weight excluding hydrogens is 428 g/mol. The van der Waals surface area contributed by atoms with Crippen molar-refractivity contribution in [1.29, 1.82) is 0 Å². The molecule has 4 aromatic rings. The molecule has 174 valence electrons. The lowest BCUT2D eigenvalue weighted by atomic mass is 10.1.